The maximum absolute atomic E-state index is 13.0. The number of halogens is 1. The zero-order chi connectivity index (χ0) is 20.8. The van der Waals surface area contributed by atoms with Gasteiger partial charge in [-0.05, 0) is 43.2 Å². The van der Waals surface area contributed by atoms with E-state index in [-0.39, 0.29) is 30.1 Å². The molecular weight excluding hydrogens is 391 g/mol. The molecule has 0 aliphatic heterocycles. The van der Waals surface area contributed by atoms with Gasteiger partial charge in [0.2, 0.25) is 0 Å². The molecule has 5 nitrogen and oxygen atoms in total. The van der Waals surface area contributed by atoms with Gasteiger partial charge in [0.05, 0.1) is 6.04 Å². The van der Waals surface area contributed by atoms with Crippen molar-refractivity contribution in [3.8, 4) is 10.6 Å². The van der Waals surface area contributed by atoms with E-state index in [4.69, 9.17) is 4.74 Å². The minimum atomic E-state index is -0.673. The van der Waals surface area contributed by atoms with Gasteiger partial charge in [-0.1, -0.05) is 36.8 Å². The molecule has 29 heavy (non-hydrogen) atoms. The lowest BCUT2D eigenvalue weighted by Crippen LogP contribution is -2.32. The van der Waals surface area contributed by atoms with E-state index in [1.807, 2.05) is 38.1 Å². The molecular formula is C22H21FN2O3S. The Morgan fingerprint density at radius 1 is 1.14 bits per heavy atom. The van der Waals surface area contributed by atoms with Gasteiger partial charge in [-0.2, -0.15) is 0 Å². The van der Waals surface area contributed by atoms with Gasteiger partial charge < -0.3 is 10.1 Å². The molecule has 0 saturated heterocycles. The minimum absolute atomic E-state index is 0.118. The Morgan fingerprint density at radius 2 is 1.83 bits per heavy atom. The van der Waals surface area contributed by atoms with Crippen molar-refractivity contribution in [3.05, 3.63) is 76.5 Å². The lowest BCUT2D eigenvalue weighted by Gasteiger charge is -2.17. The Morgan fingerprint density at radius 3 is 2.48 bits per heavy atom. The number of carbonyl (C=O) groups excluding carboxylic acids is 2. The van der Waals surface area contributed by atoms with E-state index in [0.717, 1.165) is 17.5 Å². The summed E-state index contributed by atoms with van der Waals surface area (Å²) in [6, 6.07) is 13.6. The van der Waals surface area contributed by atoms with Crippen LogP contribution in [0.25, 0.3) is 10.6 Å². The summed E-state index contributed by atoms with van der Waals surface area (Å²) in [6.07, 6.45) is 0.718. The van der Waals surface area contributed by atoms with Gasteiger partial charge >= 0.3 is 5.97 Å². The second kappa shape index (κ2) is 9.43. The zero-order valence-corrected chi connectivity index (χ0v) is 17.0. The Labute approximate surface area is 172 Å². The number of hydrogen-bond acceptors (Lipinski definition) is 5. The molecule has 1 N–H and O–H groups in total. The second-order valence-corrected chi connectivity index (χ2v) is 7.42. The monoisotopic (exact) mass is 412 g/mol. The summed E-state index contributed by atoms with van der Waals surface area (Å²) < 4.78 is 18.1. The number of nitrogens with zero attached hydrogens (tertiary/aromatic N) is 1. The van der Waals surface area contributed by atoms with E-state index in [9.17, 15) is 14.0 Å². The number of nitrogens with one attached hydrogen (secondary N) is 1. The van der Waals surface area contributed by atoms with Crippen LogP contribution in [0.5, 0.6) is 0 Å². The number of thiazole rings is 1. The number of aromatic nitrogens is 1. The Kier molecular flexibility index (Phi) is 6.72. The van der Waals surface area contributed by atoms with E-state index < -0.39 is 5.97 Å². The van der Waals surface area contributed by atoms with Crippen molar-refractivity contribution in [1.29, 1.82) is 0 Å². The fourth-order valence-corrected chi connectivity index (χ4v) is 3.55. The van der Waals surface area contributed by atoms with Gasteiger partial charge in [-0.3, -0.25) is 4.79 Å². The summed E-state index contributed by atoms with van der Waals surface area (Å²) in [4.78, 5) is 28.6. The lowest BCUT2D eigenvalue weighted by atomic mass is 10.0. The number of ether oxygens (including phenoxy) is 1. The average molecular weight is 412 g/mol. The van der Waals surface area contributed by atoms with Crippen molar-refractivity contribution >= 4 is 23.2 Å². The highest BCUT2D eigenvalue weighted by Gasteiger charge is 2.17. The number of carbonyl (C=O) groups is 2. The number of hydrogen-bond donors (Lipinski definition) is 1. The van der Waals surface area contributed by atoms with E-state index in [1.165, 1.54) is 23.5 Å². The van der Waals surface area contributed by atoms with Crippen LogP contribution in [-0.4, -0.2) is 23.5 Å². The quantitative estimate of drug-likeness (QED) is 0.572. The van der Waals surface area contributed by atoms with Crippen LogP contribution in [0.2, 0.25) is 0 Å². The summed E-state index contributed by atoms with van der Waals surface area (Å²) in [7, 11) is 0. The standard InChI is InChI=1S/C22H21FN2O3S/c1-3-18(15-6-4-14(2)5-7-15)24-20(26)12-28-22(27)19-13-29-21(25-19)16-8-10-17(23)11-9-16/h4-11,13,18H,3,12H2,1-2H3,(H,24,26)/t18-/m0/s1. The third kappa shape index (κ3) is 5.48. The van der Waals surface area contributed by atoms with Crippen LogP contribution in [0.15, 0.2) is 53.9 Å². The van der Waals surface area contributed by atoms with Crippen LogP contribution in [-0.2, 0) is 9.53 Å². The summed E-state index contributed by atoms with van der Waals surface area (Å²) in [5.41, 5.74) is 2.97. The Hall–Kier alpha value is -3.06. The van der Waals surface area contributed by atoms with Crippen molar-refractivity contribution in [3.63, 3.8) is 0 Å². The second-order valence-electron chi connectivity index (χ2n) is 6.56. The van der Waals surface area contributed by atoms with Crippen LogP contribution < -0.4 is 5.32 Å². The van der Waals surface area contributed by atoms with Crippen LogP contribution in [0.1, 0.15) is 41.0 Å². The summed E-state index contributed by atoms with van der Waals surface area (Å²) >= 11 is 1.25. The molecule has 0 bridgehead atoms. The molecule has 0 saturated carbocycles. The summed E-state index contributed by atoms with van der Waals surface area (Å²) in [6.45, 7) is 3.59. The van der Waals surface area contributed by atoms with Crippen LogP contribution >= 0.6 is 11.3 Å². The molecule has 3 rings (SSSR count). The number of benzene rings is 2. The molecule has 0 unspecified atom stereocenters. The van der Waals surface area contributed by atoms with Crippen LogP contribution in [0, 0.1) is 12.7 Å². The molecule has 150 valence electrons. The minimum Gasteiger partial charge on any atom is -0.451 e. The van der Waals surface area contributed by atoms with Gasteiger partial charge in [0, 0.05) is 10.9 Å². The smallest absolute Gasteiger partial charge is 0.358 e. The van der Waals surface area contributed by atoms with Crippen molar-refractivity contribution in [2.75, 3.05) is 6.61 Å². The number of aryl methyl sites for hydroxylation is 1. The number of amides is 1. The predicted molar refractivity (Wildman–Crippen MR) is 110 cm³/mol. The average Bonchev–Trinajstić information content (AvgIpc) is 3.22. The summed E-state index contributed by atoms with van der Waals surface area (Å²) in [5, 5.41) is 5.01. The van der Waals surface area contributed by atoms with Gasteiger partial charge in [-0.15, -0.1) is 11.3 Å². The van der Waals surface area contributed by atoms with E-state index in [2.05, 4.69) is 10.3 Å². The molecule has 0 spiro atoms. The van der Waals surface area contributed by atoms with Gasteiger partial charge in [0.15, 0.2) is 12.3 Å². The molecule has 0 aliphatic rings. The first-order valence-electron chi connectivity index (χ1n) is 9.20. The van der Waals surface area contributed by atoms with Crippen LogP contribution in [0.3, 0.4) is 0 Å². The van der Waals surface area contributed by atoms with E-state index >= 15 is 0 Å². The maximum atomic E-state index is 13.0. The number of esters is 1. The highest BCUT2D eigenvalue weighted by Crippen LogP contribution is 2.24. The molecule has 3 aromatic rings. The molecule has 1 heterocycles. The van der Waals surface area contributed by atoms with Crippen molar-refractivity contribution in [1.82, 2.24) is 10.3 Å². The van der Waals surface area contributed by atoms with Crippen LogP contribution in [0.4, 0.5) is 4.39 Å². The Bertz CT molecular complexity index is 984. The molecule has 1 atom stereocenters. The largest absolute Gasteiger partial charge is 0.451 e. The zero-order valence-electron chi connectivity index (χ0n) is 16.1. The highest BCUT2D eigenvalue weighted by atomic mass is 32.1. The molecule has 7 heteroatoms. The molecule has 1 amide bonds. The summed E-state index contributed by atoms with van der Waals surface area (Å²) in [5.74, 6) is -1.39. The third-order valence-electron chi connectivity index (χ3n) is 4.36. The first-order valence-corrected chi connectivity index (χ1v) is 10.1. The van der Waals surface area contributed by atoms with E-state index in [1.54, 1.807) is 17.5 Å². The number of rotatable bonds is 7. The van der Waals surface area contributed by atoms with Crippen molar-refractivity contribution in [2.24, 2.45) is 0 Å². The van der Waals surface area contributed by atoms with Gasteiger partial charge in [-0.25, -0.2) is 14.2 Å². The predicted octanol–water partition coefficient (Wildman–Crippen LogP) is 4.68. The fraction of sp³-hybridized carbons (Fsp3) is 0.227. The first kappa shape index (κ1) is 20.7. The Balaban J connectivity index is 1.55. The molecule has 0 aliphatic carbocycles. The molecule has 0 fully saturated rings. The molecule has 0 radical (unpaired) electrons. The normalized spacial score (nSPS) is 11.7. The maximum Gasteiger partial charge on any atom is 0.358 e. The van der Waals surface area contributed by atoms with Gasteiger partial charge in [0.25, 0.3) is 5.91 Å². The lowest BCUT2D eigenvalue weighted by molar-refractivity contribution is -0.125. The fourth-order valence-electron chi connectivity index (χ4n) is 2.75. The highest BCUT2D eigenvalue weighted by molar-refractivity contribution is 7.13. The molecule has 2 aromatic carbocycles. The van der Waals surface area contributed by atoms with E-state index in [0.29, 0.717) is 10.6 Å². The molecule has 1 aromatic heterocycles. The third-order valence-corrected chi connectivity index (χ3v) is 5.25. The van der Waals surface area contributed by atoms with Gasteiger partial charge in [0.1, 0.15) is 10.8 Å². The van der Waals surface area contributed by atoms with Crippen molar-refractivity contribution < 1.29 is 18.7 Å². The SMILES string of the molecule is CC[C@H](NC(=O)COC(=O)c1csc(-c2ccc(F)cc2)n1)c1ccc(C)cc1. The topological polar surface area (TPSA) is 68.3 Å². The van der Waals surface area contributed by atoms with Crippen molar-refractivity contribution in [2.45, 2.75) is 26.3 Å². The first-order chi connectivity index (χ1) is 14.0.